The monoisotopic (exact) mass is 281 g/mol. The van der Waals surface area contributed by atoms with E-state index in [2.05, 4.69) is 0 Å². The molecular weight excluding hydrogens is 262 g/mol. The van der Waals surface area contributed by atoms with Crippen molar-refractivity contribution in [3.8, 4) is 0 Å². The highest BCUT2D eigenvalue weighted by Crippen LogP contribution is 2.31. The molecule has 19 heavy (non-hydrogen) atoms. The third-order valence-corrected chi connectivity index (χ3v) is 4.71. The first-order valence-corrected chi connectivity index (χ1v) is 7.35. The van der Waals surface area contributed by atoms with Crippen LogP contribution in [-0.2, 0) is 16.0 Å². The maximum atomic E-state index is 12.3. The van der Waals surface area contributed by atoms with E-state index in [0.717, 1.165) is 6.42 Å². The van der Waals surface area contributed by atoms with Crippen molar-refractivity contribution in [1.29, 1.82) is 0 Å². The van der Waals surface area contributed by atoms with Crippen LogP contribution < -0.4 is 0 Å². The predicted octanol–water partition coefficient (Wildman–Crippen LogP) is 2.25. The van der Waals surface area contributed by atoms with Gasteiger partial charge in [-0.3, -0.25) is 9.59 Å². The average Bonchev–Trinajstić information content (AvgIpc) is 2.98. The average molecular weight is 281 g/mol. The van der Waals surface area contributed by atoms with Crippen molar-refractivity contribution in [3.63, 3.8) is 0 Å². The van der Waals surface area contributed by atoms with Crippen molar-refractivity contribution >= 4 is 23.2 Å². The highest BCUT2D eigenvalue weighted by molar-refractivity contribution is 7.09. The molecule has 0 spiro atoms. The number of hydrogen-bond donors (Lipinski definition) is 1. The summed E-state index contributed by atoms with van der Waals surface area (Å²) in [6, 6.07) is 4.01. The summed E-state index contributed by atoms with van der Waals surface area (Å²) in [7, 11) is 0. The van der Waals surface area contributed by atoms with Crippen LogP contribution in [0.3, 0.4) is 0 Å². The zero-order chi connectivity index (χ0) is 14.0. The largest absolute Gasteiger partial charge is 0.481 e. The molecule has 0 saturated carbocycles. The zero-order valence-electron chi connectivity index (χ0n) is 11.3. The lowest BCUT2D eigenvalue weighted by Crippen LogP contribution is -2.37. The molecule has 0 radical (unpaired) electrons. The quantitative estimate of drug-likeness (QED) is 0.921. The number of carbonyl (C=O) groups is 2. The summed E-state index contributed by atoms with van der Waals surface area (Å²) >= 11 is 1.65. The SMILES string of the molecule is C[C@@H](Cc1cccs1)C(=O)N1CC[C@@](C)(C(=O)O)C1. The van der Waals surface area contributed by atoms with E-state index < -0.39 is 11.4 Å². The molecule has 0 bridgehead atoms. The number of hydrogen-bond acceptors (Lipinski definition) is 3. The lowest BCUT2D eigenvalue weighted by molar-refractivity contribution is -0.147. The lowest BCUT2D eigenvalue weighted by atomic mass is 9.90. The Morgan fingerprint density at radius 2 is 2.32 bits per heavy atom. The van der Waals surface area contributed by atoms with Crippen LogP contribution in [-0.4, -0.2) is 35.0 Å². The van der Waals surface area contributed by atoms with Gasteiger partial charge < -0.3 is 10.0 Å². The van der Waals surface area contributed by atoms with E-state index in [9.17, 15) is 14.7 Å². The van der Waals surface area contributed by atoms with Crippen molar-refractivity contribution in [2.75, 3.05) is 13.1 Å². The first-order valence-electron chi connectivity index (χ1n) is 6.47. The van der Waals surface area contributed by atoms with E-state index in [-0.39, 0.29) is 11.8 Å². The summed E-state index contributed by atoms with van der Waals surface area (Å²) in [4.78, 5) is 26.4. The van der Waals surface area contributed by atoms with Gasteiger partial charge in [-0.15, -0.1) is 11.3 Å². The molecule has 1 N–H and O–H groups in total. The highest BCUT2D eigenvalue weighted by Gasteiger charge is 2.42. The molecule has 1 aliphatic heterocycles. The van der Waals surface area contributed by atoms with Crippen LogP contribution >= 0.6 is 11.3 Å². The fraction of sp³-hybridized carbons (Fsp3) is 0.571. The molecule has 1 aromatic rings. The van der Waals surface area contributed by atoms with Gasteiger partial charge in [-0.05, 0) is 31.2 Å². The van der Waals surface area contributed by atoms with Crippen LogP contribution in [0.5, 0.6) is 0 Å². The van der Waals surface area contributed by atoms with Gasteiger partial charge in [-0.25, -0.2) is 0 Å². The number of nitrogens with zero attached hydrogens (tertiary/aromatic N) is 1. The van der Waals surface area contributed by atoms with Gasteiger partial charge >= 0.3 is 5.97 Å². The molecule has 4 nitrogen and oxygen atoms in total. The first-order chi connectivity index (χ1) is 8.92. The fourth-order valence-corrected chi connectivity index (χ4v) is 3.29. The molecule has 2 heterocycles. The van der Waals surface area contributed by atoms with Crippen LogP contribution in [0.25, 0.3) is 0 Å². The van der Waals surface area contributed by atoms with Crippen LogP contribution in [0.1, 0.15) is 25.1 Å². The molecule has 0 aliphatic carbocycles. The van der Waals surface area contributed by atoms with E-state index in [1.165, 1.54) is 4.88 Å². The van der Waals surface area contributed by atoms with Gasteiger partial charge in [0.15, 0.2) is 0 Å². The Morgan fingerprint density at radius 3 is 2.84 bits per heavy atom. The van der Waals surface area contributed by atoms with Gasteiger partial charge in [-0.1, -0.05) is 13.0 Å². The Balaban J connectivity index is 1.96. The second kappa shape index (κ2) is 5.33. The summed E-state index contributed by atoms with van der Waals surface area (Å²) < 4.78 is 0. The maximum absolute atomic E-state index is 12.3. The zero-order valence-corrected chi connectivity index (χ0v) is 12.1. The van der Waals surface area contributed by atoms with Gasteiger partial charge in [0.1, 0.15) is 0 Å². The number of carboxylic acids is 1. The standard InChI is InChI=1S/C14H19NO3S/c1-10(8-11-4-3-7-19-11)12(16)15-6-5-14(2,9-15)13(17)18/h3-4,7,10H,5-6,8-9H2,1-2H3,(H,17,18)/t10-,14+/m0/s1. The minimum absolute atomic E-state index is 0.0679. The van der Waals surface area contributed by atoms with Crippen molar-refractivity contribution in [2.45, 2.75) is 26.7 Å². The summed E-state index contributed by atoms with van der Waals surface area (Å²) in [5.74, 6) is -0.832. The van der Waals surface area contributed by atoms with E-state index in [0.29, 0.717) is 19.5 Å². The van der Waals surface area contributed by atoms with Crippen LogP contribution in [0.4, 0.5) is 0 Å². The van der Waals surface area contributed by atoms with Crippen LogP contribution in [0, 0.1) is 11.3 Å². The molecule has 2 atom stereocenters. The fourth-order valence-electron chi connectivity index (χ4n) is 2.45. The van der Waals surface area contributed by atoms with Gasteiger partial charge in [0.2, 0.25) is 5.91 Å². The molecule has 5 heteroatoms. The normalized spacial score (nSPS) is 24.4. The van der Waals surface area contributed by atoms with Crippen molar-refractivity contribution in [1.82, 2.24) is 4.90 Å². The molecule has 104 valence electrons. The number of carboxylic acid groups (broad SMARTS) is 1. The molecule has 0 unspecified atom stereocenters. The third kappa shape index (κ3) is 2.97. The van der Waals surface area contributed by atoms with E-state index in [1.54, 1.807) is 23.2 Å². The van der Waals surface area contributed by atoms with E-state index in [1.807, 2.05) is 24.4 Å². The minimum atomic E-state index is -0.811. The Morgan fingerprint density at radius 1 is 1.58 bits per heavy atom. The molecule has 1 amide bonds. The number of carbonyl (C=O) groups excluding carboxylic acids is 1. The molecule has 1 fully saturated rings. The molecule has 1 aromatic heterocycles. The van der Waals surface area contributed by atoms with Crippen molar-refractivity contribution in [3.05, 3.63) is 22.4 Å². The number of likely N-dealkylation sites (tertiary alicyclic amines) is 1. The van der Waals surface area contributed by atoms with Gasteiger partial charge in [0, 0.05) is 23.9 Å². The van der Waals surface area contributed by atoms with Gasteiger partial charge in [-0.2, -0.15) is 0 Å². The molecule has 0 aromatic carbocycles. The van der Waals surface area contributed by atoms with E-state index in [4.69, 9.17) is 0 Å². The minimum Gasteiger partial charge on any atom is -0.481 e. The number of aliphatic carboxylic acids is 1. The first kappa shape index (κ1) is 14.1. The Kier molecular flexibility index (Phi) is 3.94. The number of rotatable bonds is 4. The summed E-state index contributed by atoms with van der Waals surface area (Å²) in [6.07, 6.45) is 1.27. The third-order valence-electron chi connectivity index (χ3n) is 3.81. The second-order valence-corrected chi connectivity index (χ2v) is 6.59. The summed E-state index contributed by atoms with van der Waals surface area (Å²) in [5, 5.41) is 11.2. The number of amides is 1. The molecule has 1 aliphatic rings. The Hall–Kier alpha value is -1.36. The smallest absolute Gasteiger partial charge is 0.311 e. The highest BCUT2D eigenvalue weighted by atomic mass is 32.1. The summed E-state index contributed by atoms with van der Waals surface area (Å²) in [5.41, 5.74) is -0.779. The second-order valence-electron chi connectivity index (χ2n) is 5.56. The van der Waals surface area contributed by atoms with Crippen LogP contribution in [0.15, 0.2) is 17.5 Å². The lowest BCUT2D eigenvalue weighted by Gasteiger charge is -2.23. The van der Waals surface area contributed by atoms with Gasteiger partial charge in [0.05, 0.1) is 5.41 Å². The Bertz CT molecular complexity index is 471. The van der Waals surface area contributed by atoms with Crippen molar-refractivity contribution < 1.29 is 14.7 Å². The van der Waals surface area contributed by atoms with E-state index >= 15 is 0 Å². The summed E-state index contributed by atoms with van der Waals surface area (Å²) in [6.45, 7) is 4.51. The Labute approximate surface area is 117 Å². The topological polar surface area (TPSA) is 57.6 Å². The maximum Gasteiger partial charge on any atom is 0.311 e. The predicted molar refractivity (Wildman–Crippen MR) is 74.1 cm³/mol. The molecule has 1 saturated heterocycles. The number of thiophene rings is 1. The van der Waals surface area contributed by atoms with Gasteiger partial charge in [0.25, 0.3) is 0 Å². The van der Waals surface area contributed by atoms with Crippen molar-refractivity contribution in [2.24, 2.45) is 11.3 Å². The molecular formula is C14H19NO3S. The molecule has 2 rings (SSSR count). The van der Waals surface area contributed by atoms with Crippen LogP contribution in [0.2, 0.25) is 0 Å².